The number of halogens is 1. The van der Waals surface area contributed by atoms with Gasteiger partial charge in [0.15, 0.2) is 12.7 Å². The van der Waals surface area contributed by atoms with Crippen molar-refractivity contribution >= 4 is 23.5 Å². The number of nitrogens with zero attached hydrogens (tertiary/aromatic N) is 1. The third-order valence-electron chi connectivity index (χ3n) is 3.62. The number of rotatable bonds is 8. The average molecular weight is 387 g/mol. The van der Waals surface area contributed by atoms with Gasteiger partial charge in [-0.05, 0) is 55.3 Å². The van der Waals surface area contributed by atoms with Crippen molar-refractivity contribution in [3.8, 4) is 11.8 Å². The summed E-state index contributed by atoms with van der Waals surface area (Å²) in [6.07, 6.45) is -0.227. The Morgan fingerprint density at radius 3 is 2.44 bits per heavy atom. The Morgan fingerprint density at radius 2 is 1.81 bits per heavy atom. The standard InChI is InChI=1S/C20H19ClN2O4/c1-14(27-18-8-4-16(12-22)5-9-18)20(25)26-13-19(24)23-11-10-15-2-6-17(21)7-3-15/h2-9,14H,10-11,13H2,1H3,(H,23,24)/t14-/m0/s1. The van der Waals surface area contributed by atoms with Crippen molar-refractivity contribution in [1.82, 2.24) is 5.32 Å². The summed E-state index contributed by atoms with van der Waals surface area (Å²) in [6.45, 7) is 1.58. The van der Waals surface area contributed by atoms with E-state index >= 15 is 0 Å². The highest BCUT2D eigenvalue weighted by molar-refractivity contribution is 6.30. The summed E-state index contributed by atoms with van der Waals surface area (Å²) in [7, 11) is 0. The van der Waals surface area contributed by atoms with E-state index in [1.54, 1.807) is 36.4 Å². The van der Waals surface area contributed by atoms with Crippen molar-refractivity contribution in [2.75, 3.05) is 13.2 Å². The van der Waals surface area contributed by atoms with E-state index < -0.39 is 12.1 Å². The molecule has 6 nitrogen and oxygen atoms in total. The van der Waals surface area contributed by atoms with E-state index in [2.05, 4.69) is 5.32 Å². The second kappa shape index (κ2) is 10.2. The first-order valence-corrected chi connectivity index (χ1v) is 8.70. The van der Waals surface area contributed by atoms with Crippen LogP contribution in [0.1, 0.15) is 18.1 Å². The highest BCUT2D eigenvalue weighted by atomic mass is 35.5. The largest absolute Gasteiger partial charge is 0.479 e. The zero-order valence-electron chi connectivity index (χ0n) is 14.8. The van der Waals surface area contributed by atoms with E-state index in [9.17, 15) is 9.59 Å². The molecule has 0 aliphatic rings. The lowest BCUT2D eigenvalue weighted by Gasteiger charge is -2.14. The summed E-state index contributed by atoms with van der Waals surface area (Å²) < 4.78 is 10.4. The molecular formula is C20H19ClN2O4. The second-order valence-corrected chi connectivity index (χ2v) is 6.17. The minimum absolute atomic E-state index is 0.374. The van der Waals surface area contributed by atoms with Crippen molar-refractivity contribution in [3.05, 3.63) is 64.7 Å². The smallest absolute Gasteiger partial charge is 0.347 e. The average Bonchev–Trinajstić information content (AvgIpc) is 2.68. The van der Waals surface area contributed by atoms with Gasteiger partial charge in [-0.2, -0.15) is 5.26 Å². The molecule has 0 saturated heterocycles. The Hall–Kier alpha value is -3.04. The van der Waals surface area contributed by atoms with Crippen LogP contribution in [0.25, 0.3) is 0 Å². The molecule has 0 aliphatic heterocycles. The number of benzene rings is 2. The van der Waals surface area contributed by atoms with E-state index in [0.717, 1.165) is 5.56 Å². The first kappa shape index (κ1) is 20.3. The van der Waals surface area contributed by atoms with Gasteiger partial charge >= 0.3 is 5.97 Å². The molecule has 0 heterocycles. The van der Waals surface area contributed by atoms with Crippen molar-refractivity contribution in [2.45, 2.75) is 19.4 Å². The fourth-order valence-corrected chi connectivity index (χ4v) is 2.29. The van der Waals surface area contributed by atoms with Crippen LogP contribution in [-0.4, -0.2) is 31.1 Å². The zero-order chi connectivity index (χ0) is 19.6. The number of nitrogens with one attached hydrogen (secondary N) is 1. The normalized spacial score (nSPS) is 11.1. The molecule has 1 N–H and O–H groups in total. The first-order chi connectivity index (χ1) is 13.0. The monoisotopic (exact) mass is 386 g/mol. The quantitative estimate of drug-likeness (QED) is 0.705. The van der Waals surface area contributed by atoms with Gasteiger partial charge in [-0.3, -0.25) is 4.79 Å². The lowest BCUT2D eigenvalue weighted by molar-refractivity contribution is -0.154. The van der Waals surface area contributed by atoms with E-state index in [4.69, 9.17) is 26.3 Å². The number of amides is 1. The third-order valence-corrected chi connectivity index (χ3v) is 3.87. The highest BCUT2D eigenvalue weighted by Crippen LogP contribution is 2.14. The topological polar surface area (TPSA) is 88.4 Å². The minimum Gasteiger partial charge on any atom is -0.479 e. The van der Waals surface area contributed by atoms with Crippen molar-refractivity contribution in [1.29, 1.82) is 5.26 Å². The summed E-state index contributed by atoms with van der Waals surface area (Å²) in [5.74, 6) is -0.596. The summed E-state index contributed by atoms with van der Waals surface area (Å²) in [5.41, 5.74) is 1.54. The SMILES string of the molecule is C[C@H](Oc1ccc(C#N)cc1)C(=O)OCC(=O)NCCc1ccc(Cl)cc1. The lowest BCUT2D eigenvalue weighted by Crippen LogP contribution is -2.33. The number of ether oxygens (including phenoxy) is 2. The molecule has 2 aromatic rings. The number of hydrogen-bond acceptors (Lipinski definition) is 5. The molecule has 0 saturated carbocycles. The van der Waals surface area contributed by atoms with Crippen LogP contribution in [0.5, 0.6) is 5.75 Å². The van der Waals surface area contributed by atoms with E-state index in [0.29, 0.717) is 29.3 Å². The Kier molecular flexibility index (Phi) is 7.65. The van der Waals surface area contributed by atoms with Crippen LogP contribution in [0, 0.1) is 11.3 Å². The van der Waals surface area contributed by atoms with Gasteiger partial charge in [0.1, 0.15) is 5.75 Å². The number of nitriles is 1. The zero-order valence-corrected chi connectivity index (χ0v) is 15.5. The van der Waals surface area contributed by atoms with Crippen molar-refractivity contribution in [3.63, 3.8) is 0 Å². The van der Waals surface area contributed by atoms with Gasteiger partial charge in [-0.25, -0.2) is 4.79 Å². The molecule has 140 valence electrons. The molecule has 0 spiro atoms. The van der Waals surface area contributed by atoms with Gasteiger partial charge in [0.25, 0.3) is 5.91 Å². The first-order valence-electron chi connectivity index (χ1n) is 8.32. The number of hydrogen-bond donors (Lipinski definition) is 1. The van der Waals surface area contributed by atoms with Crippen LogP contribution in [-0.2, 0) is 20.7 Å². The molecule has 0 unspecified atom stereocenters. The molecule has 2 rings (SSSR count). The molecule has 0 radical (unpaired) electrons. The van der Waals surface area contributed by atoms with Gasteiger partial charge in [0.2, 0.25) is 0 Å². The summed E-state index contributed by atoms with van der Waals surface area (Å²) >= 11 is 5.82. The molecule has 0 fully saturated rings. The molecule has 1 atom stereocenters. The molecule has 0 bridgehead atoms. The van der Waals surface area contributed by atoms with Crippen LogP contribution in [0.4, 0.5) is 0 Å². The predicted molar refractivity (Wildman–Crippen MR) is 100 cm³/mol. The molecule has 0 aromatic heterocycles. The lowest BCUT2D eigenvalue weighted by atomic mass is 10.1. The van der Waals surface area contributed by atoms with Crippen LogP contribution in [0.3, 0.4) is 0 Å². The number of carbonyl (C=O) groups excluding carboxylic acids is 2. The highest BCUT2D eigenvalue weighted by Gasteiger charge is 2.17. The van der Waals surface area contributed by atoms with E-state index in [1.807, 2.05) is 18.2 Å². The maximum atomic E-state index is 11.9. The molecular weight excluding hydrogens is 368 g/mol. The van der Waals surface area contributed by atoms with Crippen LogP contribution in [0.15, 0.2) is 48.5 Å². The van der Waals surface area contributed by atoms with Gasteiger partial charge in [0, 0.05) is 11.6 Å². The van der Waals surface area contributed by atoms with Crippen molar-refractivity contribution in [2.24, 2.45) is 0 Å². The number of esters is 1. The van der Waals surface area contributed by atoms with E-state index in [-0.39, 0.29) is 12.5 Å². The van der Waals surface area contributed by atoms with Crippen LogP contribution in [0.2, 0.25) is 5.02 Å². The Labute approximate surface area is 162 Å². The minimum atomic E-state index is -0.875. The van der Waals surface area contributed by atoms with Crippen LogP contribution < -0.4 is 10.1 Å². The van der Waals surface area contributed by atoms with Gasteiger partial charge in [-0.1, -0.05) is 23.7 Å². The molecule has 0 aliphatic carbocycles. The van der Waals surface area contributed by atoms with Gasteiger partial charge in [-0.15, -0.1) is 0 Å². The van der Waals surface area contributed by atoms with Gasteiger partial charge in [0.05, 0.1) is 11.6 Å². The van der Waals surface area contributed by atoms with E-state index in [1.165, 1.54) is 6.92 Å². The van der Waals surface area contributed by atoms with Crippen LogP contribution >= 0.6 is 11.6 Å². The molecule has 7 heteroatoms. The maximum Gasteiger partial charge on any atom is 0.347 e. The fourth-order valence-electron chi connectivity index (χ4n) is 2.16. The Bertz CT molecular complexity index is 813. The van der Waals surface area contributed by atoms with Crippen molar-refractivity contribution < 1.29 is 19.1 Å². The molecule has 2 aromatic carbocycles. The maximum absolute atomic E-state index is 11.9. The Morgan fingerprint density at radius 1 is 1.15 bits per heavy atom. The Balaban J connectivity index is 1.68. The fraction of sp³-hybridized carbons (Fsp3) is 0.250. The summed E-state index contributed by atoms with van der Waals surface area (Å²) in [5, 5.41) is 12.1. The number of carbonyl (C=O) groups is 2. The molecule has 1 amide bonds. The summed E-state index contributed by atoms with van der Waals surface area (Å²) in [6, 6.07) is 15.7. The predicted octanol–water partition coefficient (Wildman–Crippen LogP) is 2.88. The second-order valence-electron chi connectivity index (χ2n) is 5.73. The molecule has 27 heavy (non-hydrogen) atoms. The third kappa shape index (κ3) is 7.00. The summed E-state index contributed by atoms with van der Waals surface area (Å²) in [4.78, 5) is 23.7. The van der Waals surface area contributed by atoms with Gasteiger partial charge < -0.3 is 14.8 Å².